The lowest BCUT2D eigenvalue weighted by atomic mass is 9.93. The van der Waals surface area contributed by atoms with Crippen LogP contribution in [0.15, 0.2) is 29.3 Å². The summed E-state index contributed by atoms with van der Waals surface area (Å²) < 4.78 is 5.67. The van der Waals surface area contributed by atoms with E-state index in [0.29, 0.717) is 6.04 Å². The molecule has 0 radical (unpaired) electrons. The molecule has 3 N–H and O–H groups in total. The zero-order valence-corrected chi connectivity index (χ0v) is 18.5. The molecule has 6 heteroatoms. The van der Waals surface area contributed by atoms with Crippen molar-refractivity contribution in [2.75, 3.05) is 13.1 Å². The number of halogens is 1. The maximum absolute atomic E-state index is 9.62. The van der Waals surface area contributed by atoms with Crippen LogP contribution in [0.5, 0.6) is 5.75 Å². The fourth-order valence-electron chi connectivity index (χ4n) is 3.04. The van der Waals surface area contributed by atoms with Crippen LogP contribution in [0, 0.1) is 0 Å². The van der Waals surface area contributed by atoms with Crippen LogP contribution in [0.4, 0.5) is 0 Å². The number of hydrogen-bond acceptors (Lipinski definition) is 3. The van der Waals surface area contributed by atoms with Crippen molar-refractivity contribution < 1.29 is 9.84 Å². The Bertz CT molecular complexity index is 526. The van der Waals surface area contributed by atoms with Gasteiger partial charge < -0.3 is 20.5 Å². The Morgan fingerprint density at radius 1 is 1.19 bits per heavy atom. The number of aliphatic hydroxyl groups is 1. The maximum atomic E-state index is 9.62. The van der Waals surface area contributed by atoms with Gasteiger partial charge in [0.05, 0.1) is 12.2 Å². The van der Waals surface area contributed by atoms with E-state index in [1.807, 2.05) is 26.0 Å². The second kappa shape index (κ2) is 12.4. The van der Waals surface area contributed by atoms with Gasteiger partial charge in [0.1, 0.15) is 5.75 Å². The number of aliphatic imine (C=N–C) groups is 1. The molecule has 0 saturated heterocycles. The molecule has 1 aromatic rings. The second-order valence-electron chi connectivity index (χ2n) is 6.97. The predicted octanol–water partition coefficient (Wildman–Crippen LogP) is 3.49. The topological polar surface area (TPSA) is 65.9 Å². The van der Waals surface area contributed by atoms with Gasteiger partial charge in [0.2, 0.25) is 0 Å². The fourth-order valence-corrected chi connectivity index (χ4v) is 3.04. The third-order valence-electron chi connectivity index (χ3n) is 4.35. The van der Waals surface area contributed by atoms with Crippen LogP contribution < -0.4 is 15.4 Å². The van der Waals surface area contributed by atoms with Gasteiger partial charge in [-0.2, -0.15) is 0 Å². The van der Waals surface area contributed by atoms with Crippen LogP contribution in [0.1, 0.15) is 52.0 Å². The van der Waals surface area contributed by atoms with E-state index in [0.717, 1.165) is 56.9 Å². The lowest BCUT2D eigenvalue weighted by molar-refractivity contribution is 0.120. The summed E-state index contributed by atoms with van der Waals surface area (Å²) in [6.07, 6.45) is 4.74. The average molecular weight is 475 g/mol. The van der Waals surface area contributed by atoms with Gasteiger partial charge in [-0.3, -0.25) is 4.99 Å². The first-order valence-electron chi connectivity index (χ1n) is 9.55. The normalized spacial score (nSPS) is 20.4. The Balaban J connectivity index is 0.00000338. The molecule has 1 fully saturated rings. The van der Waals surface area contributed by atoms with Gasteiger partial charge in [0.15, 0.2) is 5.96 Å². The van der Waals surface area contributed by atoms with Crippen LogP contribution in [0.2, 0.25) is 0 Å². The molecule has 0 aromatic heterocycles. The Morgan fingerprint density at radius 3 is 2.42 bits per heavy atom. The second-order valence-corrected chi connectivity index (χ2v) is 6.97. The minimum atomic E-state index is -0.125. The van der Waals surface area contributed by atoms with E-state index in [1.165, 1.54) is 5.56 Å². The third-order valence-corrected chi connectivity index (χ3v) is 4.35. The lowest BCUT2D eigenvalue weighted by Crippen LogP contribution is -2.45. The first-order valence-corrected chi connectivity index (χ1v) is 9.55. The monoisotopic (exact) mass is 475 g/mol. The Morgan fingerprint density at radius 2 is 1.85 bits per heavy atom. The van der Waals surface area contributed by atoms with Crippen molar-refractivity contribution in [1.82, 2.24) is 10.6 Å². The molecular weight excluding hydrogens is 441 g/mol. The van der Waals surface area contributed by atoms with E-state index in [-0.39, 0.29) is 36.2 Å². The van der Waals surface area contributed by atoms with E-state index in [4.69, 9.17) is 9.73 Å². The molecule has 0 amide bonds. The van der Waals surface area contributed by atoms with Crippen molar-refractivity contribution >= 4 is 29.9 Å². The first-order chi connectivity index (χ1) is 12.1. The molecule has 0 atom stereocenters. The van der Waals surface area contributed by atoms with Gasteiger partial charge >= 0.3 is 0 Å². The summed E-state index contributed by atoms with van der Waals surface area (Å²) in [5, 5.41) is 16.4. The molecule has 1 saturated carbocycles. The molecule has 148 valence electrons. The zero-order chi connectivity index (χ0) is 18.1. The molecular formula is C20H34IN3O2. The Kier molecular flexibility index (Phi) is 11.0. The van der Waals surface area contributed by atoms with Gasteiger partial charge in [-0.25, -0.2) is 0 Å². The molecule has 1 aliphatic carbocycles. The highest BCUT2D eigenvalue weighted by molar-refractivity contribution is 14.0. The molecule has 0 bridgehead atoms. The zero-order valence-electron chi connectivity index (χ0n) is 16.2. The van der Waals surface area contributed by atoms with Crippen molar-refractivity contribution in [3.05, 3.63) is 29.8 Å². The highest BCUT2D eigenvalue weighted by atomic mass is 127. The van der Waals surface area contributed by atoms with Crippen molar-refractivity contribution in [2.45, 2.75) is 71.1 Å². The Hall–Kier alpha value is -1.02. The van der Waals surface area contributed by atoms with Crippen molar-refractivity contribution in [1.29, 1.82) is 0 Å². The summed E-state index contributed by atoms with van der Waals surface area (Å²) in [4.78, 5) is 4.69. The molecule has 2 rings (SSSR count). The van der Waals surface area contributed by atoms with Gasteiger partial charge in [0, 0.05) is 19.1 Å². The molecule has 1 aliphatic rings. The summed E-state index contributed by atoms with van der Waals surface area (Å²) >= 11 is 0. The van der Waals surface area contributed by atoms with Crippen molar-refractivity contribution in [3.63, 3.8) is 0 Å². The number of guanidine groups is 1. The standard InChI is InChI=1S/C20H33N3O2.HI/c1-4-21-20(23-17-7-9-18(24)10-8-17)22-14-13-16-5-11-19(12-6-16)25-15(2)3;/h5-6,11-12,15,17-18,24H,4,7-10,13-14H2,1-3H3,(H2,21,22,23);1H. The lowest BCUT2D eigenvalue weighted by Gasteiger charge is -2.27. The summed E-state index contributed by atoms with van der Waals surface area (Å²) in [5.74, 6) is 1.79. The number of ether oxygens (including phenoxy) is 1. The van der Waals surface area contributed by atoms with E-state index < -0.39 is 0 Å². The number of hydrogen-bond donors (Lipinski definition) is 3. The third kappa shape index (κ3) is 8.58. The summed E-state index contributed by atoms with van der Waals surface area (Å²) in [6, 6.07) is 8.67. The highest BCUT2D eigenvalue weighted by Gasteiger charge is 2.19. The minimum absolute atomic E-state index is 0. The molecule has 1 aromatic carbocycles. The van der Waals surface area contributed by atoms with Crippen LogP contribution in [-0.4, -0.2) is 42.4 Å². The molecule has 0 spiro atoms. The molecule has 5 nitrogen and oxygen atoms in total. The van der Waals surface area contributed by atoms with Gasteiger partial charge in [-0.15, -0.1) is 24.0 Å². The summed E-state index contributed by atoms with van der Waals surface area (Å²) in [5.41, 5.74) is 1.26. The SMILES string of the molecule is CCNC(=NCCc1ccc(OC(C)C)cc1)NC1CCC(O)CC1.I. The molecule has 26 heavy (non-hydrogen) atoms. The summed E-state index contributed by atoms with van der Waals surface area (Å²) in [6.45, 7) is 7.74. The largest absolute Gasteiger partial charge is 0.491 e. The van der Waals surface area contributed by atoms with Crippen molar-refractivity contribution in [3.8, 4) is 5.75 Å². The van der Waals surface area contributed by atoms with E-state index in [2.05, 4.69) is 29.7 Å². The van der Waals surface area contributed by atoms with E-state index in [1.54, 1.807) is 0 Å². The Labute approximate surface area is 175 Å². The fraction of sp³-hybridized carbons (Fsp3) is 0.650. The number of nitrogens with zero attached hydrogens (tertiary/aromatic N) is 1. The van der Waals surface area contributed by atoms with Crippen LogP contribution in [-0.2, 0) is 6.42 Å². The number of rotatable bonds is 7. The van der Waals surface area contributed by atoms with Crippen LogP contribution in [0.25, 0.3) is 0 Å². The van der Waals surface area contributed by atoms with Gasteiger partial charge in [-0.05, 0) is 70.6 Å². The average Bonchev–Trinajstić information content (AvgIpc) is 2.58. The molecule has 0 aliphatic heterocycles. The minimum Gasteiger partial charge on any atom is -0.491 e. The maximum Gasteiger partial charge on any atom is 0.191 e. The van der Waals surface area contributed by atoms with Crippen LogP contribution >= 0.6 is 24.0 Å². The predicted molar refractivity (Wildman–Crippen MR) is 119 cm³/mol. The summed E-state index contributed by atoms with van der Waals surface area (Å²) in [7, 11) is 0. The van der Waals surface area contributed by atoms with E-state index >= 15 is 0 Å². The van der Waals surface area contributed by atoms with Gasteiger partial charge in [-0.1, -0.05) is 12.1 Å². The van der Waals surface area contributed by atoms with E-state index in [9.17, 15) is 5.11 Å². The van der Waals surface area contributed by atoms with Gasteiger partial charge in [0.25, 0.3) is 0 Å². The quantitative estimate of drug-likeness (QED) is 0.321. The highest BCUT2D eigenvalue weighted by Crippen LogP contribution is 2.18. The number of aliphatic hydroxyl groups excluding tert-OH is 1. The number of benzene rings is 1. The molecule has 0 unspecified atom stereocenters. The first kappa shape index (κ1) is 23.0. The smallest absolute Gasteiger partial charge is 0.191 e. The van der Waals surface area contributed by atoms with Crippen LogP contribution in [0.3, 0.4) is 0 Å². The number of nitrogens with one attached hydrogen (secondary N) is 2. The van der Waals surface area contributed by atoms with Crippen molar-refractivity contribution in [2.24, 2.45) is 4.99 Å². The molecule has 0 heterocycles.